The van der Waals surface area contributed by atoms with E-state index in [1.807, 2.05) is 73.7 Å². The smallest absolute Gasteiger partial charge is 0.229 e. The van der Waals surface area contributed by atoms with Gasteiger partial charge in [-0.05, 0) is 48.4 Å². The van der Waals surface area contributed by atoms with Crippen LogP contribution in [0.2, 0.25) is 0 Å². The van der Waals surface area contributed by atoms with Crippen molar-refractivity contribution in [3.8, 4) is 0 Å². The molecule has 2 aromatic carbocycles. The highest BCUT2D eigenvalue weighted by molar-refractivity contribution is 5.94. The summed E-state index contributed by atoms with van der Waals surface area (Å²) in [7, 11) is 0. The van der Waals surface area contributed by atoms with Gasteiger partial charge in [-0.2, -0.15) is 0 Å². The highest BCUT2D eigenvalue weighted by Crippen LogP contribution is 2.34. The molecular weight excluding hydrogens is 376 g/mol. The number of benzene rings is 2. The Hall–Kier alpha value is -3.60. The zero-order valence-electron chi connectivity index (χ0n) is 17.1. The lowest BCUT2D eigenvalue weighted by Crippen LogP contribution is -2.37. The maximum absolute atomic E-state index is 13.5. The third-order valence-electron chi connectivity index (χ3n) is 5.38. The number of carbonyl (C=O) groups excluding carboxylic acids is 2. The summed E-state index contributed by atoms with van der Waals surface area (Å²) in [6.07, 6.45) is 5.46. The van der Waals surface area contributed by atoms with E-state index in [4.69, 9.17) is 4.42 Å². The molecular formula is C25H24N2O3. The zero-order valence-corrected chi connectivity index (χ0v) is 17.1. The van der Waals surface area contributed by atoms with E-state index in [1.165, 1.54) is 6.92 Å². The molecule has 1 atom stereocenters. The van der Waals surface area contributed by atoms with Crippen molar-refractivity contribution < 1.29 is 14.0 Å². The number of rotatable bonds is 5. The molecule has 0 bridgehead atoms. The maximum Gasteiger partial charge on any atom is 0.229 e. The molecule has 3 aromatic rings. The van der Waals surface area contributed by atoms with Gasteiger partial charge in [0.1, 0.15) is 5.76 Å². The van der Waals surface area contributed by atoms with Crippen molar-refractivity contribution in [2.45, 2.75) is 32.9 Å². The third kappa shape index (κ3) is 4.06. The monoisotopic (exact) mass is 400 g/mol. The van der Waals surface area contributed by atoms with Gasteiger partial charge >= 0.3 is 0 Å². The molecule has 0 spiro atoms. The molecule has 1 unspecified atom stereocenters. The molecule has 2 heterocycles. The number of carbonyl (C=O) groups is 2. The van der Waals surface area contributed by atoms with Crippen LogP contribution in [0.4, 0.5) is 5.69 Å². The van der Waals surface area contributed by atoms with Gasteiger partial charge in [0, 0.05) is 18.8 Å². The van der Waals surface area contributed by atoms with Crippen LogP contribution in [0.25, 0.3) is 6.08 Å². The summed E-state index contributed by atoms with van der Waals surface area (Å²) in [5, 5.41) is 0. The second kappa shape index (κ2) is 8.41. The molecule has 1 aliphatic heterocycles. The number of nitrogens with zero attached hydrogens (tertiary/aromatic N) is 2. The van der Waals surface area contributed by atoms with Crippen molar-refractivity contribution in [3.05, 3.63) is 95.6 Å². The van der Waals surface area contributed by atoms with Gasteiger partial charge in [-0.3, -0.25) is 9.59 Å². The average molecular weight is 400 g/mol. The van der Waals surface area contributed by atoms with Gasteiger partial charge in [0.25, 0.3) is 0 Å². The molecule has 152 valence electrons. The Bertz CT molecular complexity index is 1070. The summed E-state index contributed by atoms with van der Waals surface area (Å²) in [6.45, 7) is 3.87. The molecule has 1 aliphatic rings. The fourth-order valence-electron chi connectivity index (χ4n) is 3.80. The fraction of sp³-hybridized carbons (Fsp3) is 0.200. The topological polar surface area (TPSA) is 53.8 Å². The number of aryl methyl sites for hydroxylation is 1. The van der Waals surface area contributed by atoms with Crippen molar-refractivity contribution in [2.75, 3.05) is 4.90 Å². The minimum atomic E-state index is -0.347. The number of anilines is 1. The second-order valence-electron chi connectivity index (χ2n) is 7.49. The van der Waals surface area contributed by atoms with Gasteiger partial charge < -0.3 is 14.2 Å². The lowest BCUT2D eigenvalue weighted by Gasteiger charge is -2.34. The molecule has 5 heteroatoms. The Kier molecular flexibility index (Phi) is 5.53. The van der Waals surface area contributed by atoms with Crippen molar-refractivity contribution in [1.29, 1.82) is 0 Å². The van der Waals surface area contributed by atoms with Crippen LogP contribution >= 0.6 is 0 Å². The lowest BCUT2D eigenvalue weighted by atomic mass is 9.93. The van der Waals surface area contributed by atoms with Gasteiger partial charge in [0.2, 0.25) is 11.8 Å². The molecule has 0 saturated heterocycles. The largest absolute Gasteiger partial charge is 0.467 e. The van der Waals surface area contributed by atoms with Crippen LogP contribution < -0.4 is 4.90 Å². The van der Waals surface area contributed by atoms with Crippen molar-refractivity contribution in [3.63, 3.8) is 0 Å². The van der Waals surface area contributed by atoms with Crippen LogP contribution in [-0.4, -0.2) is 16.7 Å². The highest BCUT2D eigenvalue weighted by atomic mass is 16.3. The summed E-state index contributed by atoms with van der Waals surface area (Å²) in [6, 6.07) is 19.0. The van der Waals surface area contributed by atoms with Gasteiger partial charge in [-0.25, -0.2) is 0 Å². The average Bonchev–Trinajstić information content (AvgIpc) is 3.26. The van der Waals surface area contributed by atoms with E-state index in [2.05, 4.69) is 0 Å². The highest BCUT2D eigenvalue weighted by Gasteiger charge is 2.30. The second-order valence-corrected chi connectivity index (χ2v) is 7.49. The van der Waals surface area contributed by atoms with E-state index < -0.39 is 0 Å². The van der Waals surface area contributed by atoms with Gasteiger partial charge in [0.15, 0.2) is 0 Å². The number of hydrogen-bond donors (Lipinski definition) is 0. The number of fused-ring (bicyclic) bond motifs is 1. The van der Waals surface area contributed by atoms with Crippen molar-refractivity contribution in [2.24, 2.45) is 0 Å². The first kappa shape index (κ1) is 19.7. The first-order valence-electron chi connectivity index (χ1n) is 9.98. The Morgan fingerprint density at radius 3 is 2.50 bits per heavy atom. The standard InChI is InChI=1S/C25H24N2O3/c1-18-9-11-21(12-10-18)27(17-22-7-5-15-30-22)25(29)16-24-23-8-4-3-6-20(23)13-14-26(24)19(2)28/h3-15,24H,16-17H2,1-2H3. The molecule has 0 aliphatic carbocycles. The van der Waals surface area contributed by atoms with Crippen LogP contribution in [0.5, 0.6) is 0 Å². The Labute approximate surface area is 176 Å². The van der Waals surface area contributed by atoms with E-state index in [0.717, 1.165) is 22.4 Å². The summed E-state index contributed by atoms with van der Waals surface area (Å²) < 4.78 is 5.50. The third-order valence-corrected chi connectivity index (χ3v) is 5.38. The van der Waals surface area contributed by atoms with E-state index in [1.54, 1.807) is 22.3 Å². The normalized spacial score (nSPS) is 15.0. The van der Waals surface area contributed by atoms with Crippen LogP contribution in [0.15, 0.2) is 77.5 Å². The molecule has 0 radical (unpaired) electrons. The summed E-state index contributed by atoms with van der Waals surface area (Å²) in [5.41, 5.74) is 3.93. The Morgan fingerprint density at radius 2 is 1.80 bits per heavy atom. The first-order valence-corrected chi connectivity index (χ1v) is 9.98. The minimum absolute atomic E-state index is 0.0726. The molecule has 0 fully saturated rings. The fourth-order valence-corrected chi connectivity index (χ4v) is 3.80. The number of furan rings is 1. The van der Waals surface area contributed by atoms with Crippen LogP contribution in [0, 0.1) is 6.92 Å². The van der Waals surface area contributed by atoms with Crippen LogP contribution in [0.1, 0.15) is 41.8 Å². The van der Waals surface area contributed by atoms with Crippen molar-refractivity contribution >= 4 is 23.6 Å². The molecule has 0 N–H and O–H groups in total. The zero-order chi connectivity index (χ0) is 21.1. The van der Waals surface area contributed by atoms with E-state index in [9.17, 15) is 9.59 Å². The molecule has 5 nitrogen and oxygen atoms in total. The molecule has 30 heavy (non-hydrogen) atoms. The Balaban J connectivity index is 1.66. The number of hydrogen-bond acceptors (Lipinski definition) is 3. The Morgan fingerprint density at radius 1 is 1.03 bits per heavy atom. The molecule has 1 aromatic heterocycles. The van der Waals surface area contributed by atoms with E-state index in [-0.39, 0.29) is 24.3 Å². The van der Waals surface area contributed by atoms with E-state index >= 15 is 0 Å². The first-order chi connectivity index (χ1) is 14.5. The van der Waals surface area contributed by atoms with Crippen molar-refractivity contribution in [1.82, 2.24) is 4.90 Å². The molecule has 4 rings (SSSR count). The summed E-state index contributed by atoms with van der Waals surface area (Å²) >= 11 is 0. The lowest BCUT2D eigenvalue weighted by molar-refractivity contribution is -0.129. The van der Waals surface area contributed by atoms with Crippen LogP contribution in [-0.2, 0) is 16.1 Å². The maximum atomic E-state index is 13.5. The minimum Gasteiger partial charge on any atom is -0.467 e. The predicted octanol–water partition coefficient (Wildman–Crippen LogP) is 5.09. The molecule has 2 amide bonds. The van der Waals surface area contributed by atoms with Crippen LogP contribution in [0.3, 0.4) is 0 Å². The SMILES string of the molecule is CC(=O)N1C=Cc2ccccc2C1CC(=O)N(Cc1ccco1)c1ccc(C)cc1. The molecule has 0 saturated carbocycles. The summed E-state index contributed by atoms with van der Waals surface area (Å²) in [5.74, 6) is 0.541. The van der Waals surface area contributed by atoms with Gasteiger partial charge in [-0.15, -0.1) is 0 Å². The number of amides is 2. The quantitative estimate of drug-likeness (QED) is 0.600. The van der Waals surface area contributed by atoms with E-state index in [0.29, 0.717) is 12.3 Å². The van der Waals surface area contributed by atoms with Gasteiger partial charge in [0.05, 0.1) is 25.3 Å². The summed E-state index contributed by atoms with van der Waals surface area (Å²) in [4.78, 5) is 29.2. The van der Waals surface area contributed by atoms with Gasteiger partial charge in [-0.1, -0.05) is 42.0 Å². The predicted molar refractivity (Wildman–Crippen MR) is 116 cm³/mol.